The summed E-state index contributed by atoms with van der Waals surface area (Å²) < 4.78 is 0. The van der Waals surface area contributed by atoms with Crippen LogP contribution >= 0.6 is 0 Å². The van der Waals surface area contributed by atoms with Crippen LogP contribution in [0, 0.1) is 6.92 Å². The Morgan fingerprint density at radius 2 is 2.06 bits per heavy atom. The Bertz CT molecular complexity index is 462. The average molecular weight is 231 g/mol. The van der Waals surface area contributed by atoms with Gasteiger partial charge in [-0.15, -0.1) is 0 Å². The molecule has 92 valence electrons. The number of hydrogen-bond acceptors (Lipinski definition) is 2. The third-order valence-corrected chi connectivity index (χ3v) is 4.02. The number of carbonyl (C=O) groups is 1. The van der Waals surface area contributed by atoms with Gasteiger partial charge >= 0.3 is 0 Å². The largest absolute Gasteiger partial charge is 0.369 e. The van der Waals surface area contributed by atoms with Crippen LogP contribution in [-0.2, 0) is 0 Å². The first kappa shape index (κ1) is 12.2. The van der Waals surface area contributed by atoms with Crippen molar-refractivity contribution >= 4 is 12.0 Å². The number of fused-ring (bicyclic) bond motifs is 1. The van der Waals surface area contributed by atoms with E-state index < -0.39 is 0 Å². The molecule has 0 saturated carbocycles. The Kier molecular flexibility index (Phi) is 2.76. The molecule has 0 radical (unpaired) electrons. The molecule has 1 aliphatic rings. The van der Waals surface area contributed by atoms with Gasteiger partial charge in [-0.3, -0.25) is 4.79 Å². The third kappa shape index (κ3) is 1.86. The lowest BCUT2D eigenvalue weighted by Crippen LogP contribution is -2.46. The van der Waals surface area contributed by atoms with Crippen molar-refractivity contribution in [3.63, 3.8) is 0 Å². The SMILES string of the molecule is Cc1cc(C=O)c2c(c1)[C@@H](C)CC(C)(C)N2C. The monoisotopic (exact) mass is 231 g/mol. The maximum Gasteiger partial charge on any atom is 0.152 e. The highest BCUT2D eigenvalue weighted by Gasteiger charge is 2.35. The second-order valence-electron chi connectivity index (χ2n) is 5.89. The zero-order chi connectivity index (χ0) is 12.8. The van der Waals surface area contributed by atoms with Gasteiger partial charge in [-0.2, -0.15) is 0 Å². The molecular weight excluding hydrogens is 210 g/mol. The van der Waals surface area contributed by atoms with Crippen molar-refractivity contribution in [1.82, 2.24) is 0 Å². The van der Waals surface area contributed by atoms with Gasteiger partial charge in [0.25, 0.3) is 0 Å². The summed E-state index contributed by atoms with van der Waals surface area (Å²) in [6.07, 6.45) is 2.11. The van der Waals surface area contributed by atoms with Crippen LogP contribution in [0.25, 0.3) is 0 Å². The third-order valence-electron chi connectivity index (χ3n) is 4.02. The second kappa shape index (κ2) is 3.86. The summed E-state index contributed by atoms with van der Waals surface area (Å²) in [5.41, 5.74) is 4.54. The lowest BCUT2D eigenvalue weighted by atomic mass is 9.79. The minimum atomic E-state index is 0.111. The topological polar surface area (TPSA) is 20.3 Å². The molecule has 0 N–H and O–H groups in total. The first-order chi connectivity index (χ1) is 7.86. The quantitative estimate of drug-likeness (QED) is 0.689. The highest BCUT2D eigenvalue weighted by atomic mass is 16.1. The zero-order valence-corrected chi connectivity index (χ0v) is 11.4. The summed E-state index contributed by atoms with van der Waals surface area (Å²) in [6, 6.07) is 4.20. The molecule has 2 rings (SSSR count). The fraction of sp³-hybridized carbons (Fsp3) is 0.533. The molecule has 1 aromatic rings. The summed E-state index contributed by atoms with van der Waals surface area (Å²) in [6.45, 7) is 8.78. The minimum absolute atomic E-state index is 0.111. The molecule has 1 atom stereocenters. The molecule has 1 heterocycles. The number of carbonyl (C=O) groups excluding carboxylic acids is 1. The fourth-order valence-electron chi connectivity index (χ4n) is 2.99. The molecule has 0 fully saturated rings. The maximum atomic E-state index is 11.3. The standard InChI is InChI=1S/C15H21NO/c1-10-6-12(9-17)14-13(7-10)11(2)8-15(3,4)16(14)5/h6-7,9,11H,8H2,1-5H3/t11-/m0/s1. The van der Waals surface area contributed by atoms with Crippen LogP contribution in [0.15, 0.2) is 12.1 Å². The number of nitrogens with zero attached hydrogens (tertiary/aromatic N) is 1. The van der Waals surface area contributed by atoms with Gasteiger partial charge in [0.15, 0.2) is 6.29 Å². The van der Waals surface area contributed by atoms with Gasteiger partial charge in [0.05, 0.1) is 5.69 Å². The van der Waals surface area contributed by atoms with Crippen LogP contribution in [0.4, 0.5) is 5.69 Å². The first-order valence-corrected chi connectivity index (χ1v) is 6.20. The van der Waals surface area contributed by atoms with Gasteiger partial charge < -0.3 is 4.90 Å². The lowest BCUT2D eigenvalue weighted by Gasteiger charge is -2.46. The van der Waals surface area contributed by atoms with E-state index in [0.717, 1.165) is 24.0 Å². The van der Waals surface area contributed by atoms with Gasteiger partial charge in [0.1, 0.15) is 0 Å². The van der Waals surface area contributed by atoms with E-state index in [4.69, 9.17) is 0 Å². The second-order valence-corrected chi connectivity index (χ2v) is 5.89. The molecule has 2 nitrogen and oxygen atoms in total. The predicted octanol–water partition coefficient (Wildman–Crippen LogP) is 3.53. The van der Waals surface area contributed by atoms with Gasteiger partial charge in [-0.25, -0.2) is 0 Å². The Balaban J connectivity index is 2.69. The van der Waals surface area contributed by atoms with Crippen molar-refractivity contribution in [3.8, 4) is 0 Å². The van der Waals surface area contributed by atoms with E-state index in [1.807, 2.05) is 6.07 Å². The smallest absolute Gasteiger partial charge is 0.152 e. The van der Waals surface area contributed by atoms with Crippen molar-refractivity contribution in [1.29, 1.82) is 0 Å². The van der Waals surface area contributed by atoms with Crippen LogP contribution in [0.2, 0.25) is 0 Å². The highest BCUT2D eigenvalue weighted by Crippen LogP contribution is 2.44. The maximum absolute atomic E-state index is 11.3. The number of benzene rings is 1. The van der Waals surface area contributed by atoms with E-state index in [9.17, 15) is 4.79 Å². The predicted molar refractivity (Wildman–Crippen MR) is 72.1 cm³/mol. The number of aryl methyl sites for hydroxylation is 1. The molecule has 0 unspecified atom stereocenters. The van der Waals surface area contributed by atoms with E-state index >= 15 is 0 Å². The summed E-state index contributed by atoms with van der Waals surface area (Å²) in [5, 5.41) is 0. The van der Waals surface area contributed by atoms with Crippen LogP contribution in [0.5, 0.6) is 0 Å². The molecule has 0 saturated heterocycles. The van der Waals surface area contributed by atoms with E-state index in [2.05, 4.69) is 45.7 Å². The van der Waals surface area contributed by atoms with Gasteiger partial charge in [0.2, 0.25) is 0 Å². The fourth-order valence-corrected chi connectivity index (χ4v) is 2.99. The molecule has 17 heavy (non-hydrogen) atoms. The first-order valence-electron chi connectivity index (χ1n) is 6.20. The molecule has 0 bridgehead atoms. The Morgan fingerprint density at radius 3 is 2.65 bits per heavy atom. The number of anilines is 1. The number of rotatable bonds is 1. The van der Waals surface area contributed by atoms with Gasteiger partial charge in [0, 0.05) is 18.2 Å². The molecule has 2 heteroatoms. The average Bonchev–Trinajstić information content (AvgIpc) is 2.24. The molecular formula is C15H21NO. The van der Waals surface area contributed by atoms with Crippen LogP contribution in [-0.4, -0.2) is 18.9 Å². The Labute approximate surface area is 104 Å². The van der Waals surface area contributed by atoms with Crippen LogP contribution < -0.4 is 4.90 Å². The van der Waals surface area contributed by atoms with Crippen LogP contribution in [0.1, 0.15) is 54.6 Å². The number of hydrogen-bond donors (Lipinski definition) is 0. The molecule has 1 aromatic carbocycles. The van der Waals surface area contributed by atoms with E-state index in [0.29, 0.717) is 5.92 Å². The van der Waals surface area contributed by atoms with Crippen molar-refractivity contribution in [3.05, 3.63) is 28.8 Å². The summed E-state index contributed by atoms with van der Waals surface area (Å²) in [7, 11) is 2.09. The van der Waals surface area contributed by atoms with Crippen molar-refractivity contribution < 1.29 is 4.79 Å². The summed E-state index contributed by atoms with van der Waals surface area (Å²) >= 11 is 0. The van der Waals surface area contributed by atoms with Gasteiger partial charge in [-0.05, 0) is 50.3 Å². The minimum Gasteiger partial charge on any atom is -0.369 e. The molecule has 0 aromatic heterocycles. The molecule has 1 aliphatic heterocycles. The molecule has 0 spiro atoms. The van der Waals surface area contributed by atoms with Gasteiger partial charge in [-0.1, -0.05) is 13.0 Å². The van der Waals surface area contributed by atoms with Crippen LogP contribution in [0.3, 0.4) is 0 Å². The molecule has 0 aliphatic carbocycles. The Morgan fingerprint density at radius 1 is 1.41 bits per heavy atom. The normalized spacial score (nSPS) is 22.2. The zero-order valence-electron chi connectivity index (χ0n) is 11.4. The van der Waals surface area contributed by atoms with E-state index in [1.54, 1.807) is 0 Å². The van der Waals surface area contributed by atoms with E-state index in [1.165, 1.54) is 11.1 Å². The van der Waals surface area contributed by atoms with Crippen molar-refractivity contribution in [2.75, 3.05) is 11.9 Å². The lowest BCUT2D eigenvalue weighted by molar-refractivity contribution is 0.112. The van der Waals surface area contributed by atoms with E-state index in [-0.39, 0.29) is 5.54 Å². The van der Waals surface area contributed by atoms with Crippen molar-refractivity contribution in [2.24, 2.45) is 0 Å². The molecule has 0 amide bonds. The highest BCUT2D eigenvalue weighted by molar-refractivity contribution is 5.87. The summed E-state index contributed by atoms with van der Waals surface area (Å²) in [4.78, 5) is 13.5. The Hall–Kier alpha value is -1.31. The summed E-state index contributed by atoms with van der Waals surface area (Å²) in [5.74, 6) is 0.509. The van der Waals surface area contributed by atoms with Crippen molar-refractivity contribution in [2.45, 2.75) is 45.6 Å². The number of aldehydes is 1.